The van der Waals surface area contributed by atoms with Crippen molar-refractivity contribution in [2.45, 2.75) is 41.5 Å². The Balaban J connectivity index is 1.47. The molecule has 1 aromatic heterocycles. The molecule has 0 atom stereocenters. The van der Waals surface area contributed by atoms with Crippen LogP contribution in [-0.4, -0.2) is 16.0 Å². The lowest BCUT2D eigenvalue weighted by molar-refractivity contribution is 0.752. The molecule has 0 amide bonds. The normalized spacial score (nSPS) is 14.1. The Bertz CT molecular complexity index is 1140. The van der Waals surface area contributed by atoms with Crippen molar-refractivity contribution in [1.29, 1.82) is 0 Å². The highest BCUT2D eigenvalue weighted by Crippen LogP contribution is 2.35. The summed E-state index contributed by atoms with van der Waals surface area (Å²) in [6.45, 7) is 0. The van der Waals surface area contributed by atoms with Gasteiger partial charge >= 0.3 is 0 Å². The van der Waals surface area contributed by atoms with Crippen LogP contribution < -0.4 is 10.6 Å². The van der Waals surface area contributed by atoms with Gasteiger partial charge in [0.2, 0.25) is 5.95 Å². The van der Waals surface area contributed by atoms with Gasteiger partial charge in [-0.2, -0.15) is 4.98 Å². The van der Waals surface area contributed by atoms with Crippen molar-refractivity contribution in [3.05, 3.63) is 78.9 Å². The quantitative estimate of drug-likeness (QED) is 0.361. The molecule has 0 bridgehead atoms. The number of anilines is 3. The molecule has 0 saturated heterocycles. The SMILES string of the molecule is c1ccc(Sc2ccccc2Nc2nc(NC3CCCC3)c3ccccc3n2)cc1. The lowest BCUT2D eigenvalue weighted by atomic mass is 10.2. The van der Waals surface area contributed by atoms with Crippen molar-refractivity contribution in [3.8, 4) is 0 Å². The second-order valence-corrected chi connectivity index (χ2v) is 8.69. The minimum absolute atomic E-state index is 0.497. The molecule has 30 heavy (non-hydrogen) atoms. The monoisotopic (exact) mass is 412 g/mol. The number of nitrogens with zero attached hydrogens (tertiary/aromatic N) is 2. The fourth-order valence-electron chi connectivity index (χ4n) is 3.90. The van der Waals surface area contributed by atoms with Crippen LogP contribution in [0, 0.1) is 0 Å². The summed E-state index contributed by atoms with van der Waals surface area (Å²) in [7, 11) is 0. The Morgan fingerprint density at radius 3 is 2.37 bits per heavy atom. The zero-order valence-electron chi connectivity index (χ0n) is 16.7. The molecule has 2 N–H and O–H groups in total. The summed E-state index contributed by atoms with van der Waals surface area (Å²) in [5.74, 6) is 1.54. The topological polar surface area (TPSA) is 49.8 Å². The average molecular weight is 413 g/mol. The van der Waals surface area contributed by atoms with Crippen LogP contribution in [0.5, 0.6) is 0 Å². The van der Waals surface area contributed by atoms with E-state index in [0.29, 0.717) is 12.0 Å². The predicted octanol–water partition coefficient (Wildman–Crippen LogP) is 6.88. The number of benzene rings is 3. The molecule has 1 aliphatic rings. The fourth-order valence-corrected chi connectivity index (χ4v) is 4.82. The van der Waals surface area contributed by atoms with Crippen LogP contribution in [0.1, 0.15) is 25.7 Å². The number of nitrogens with one attached hydrogen (secondary N) is 2. The Morgan fingerprint density at radius 1 is 0.767 bits per heavy atom. The lowest BCUT2D eigenvalue weighted by Crippen LogP contribution is -2.16. The third kappa shape index (κ3) is 4.26. The summed E-state index contributed by atoms with van der Waals surface area (Å²) in [5, 5.41) is 8.21. The first-order valence-electron chi connectivity index (χ1n) is 10.5. The summed E-state index contributed by atoms with van der Waals surface area (Å²) >= 11 is 1.73. The molecule has 4 nitrogen and oxygen atoms in total. The van der Waals surface area contributed by atoms with Crippen LogP contribution in [0.15, 0.2) is 88.7 Å². The zero-order valence-corrected chi connectivity index (χ0v) is 17.5. The van der Waals surface area contributed by atoms with E-state index >= 15 is 0 Å². The number of aromatic nitrogens is 2. The minimum atomic E-state index is 0.497. The van der Waals surface area contributed by atoms with Crippen LogP contribution >= 0.6 is 11.8 Å². The molecule has 4 aromatic rings. The van der Waals surface area contributed by atoms with E-state index in [9.17, 15) is 0 Å². The summed E-state index contributed by atoms with van der Waals surface area (Å²) < 4.78 is 0. The molecule has 3 aromatic carbocycles. The van der Waals surface area contributed by atoms with E-state index in [-0.39, 0.29) is 0 Å². The van der Waals surface area contributed by atoms with Crippen LogP contribution in [0.3, 0.4) is 0 Å². The van der Waals surface area contributed by atoms with Gasteiger partial charge in [0.15, 0.2) is 0 Å². The van der Waals surface area contributed by atoms with Crippen molar-refractivity contribution in [2.75, 3.05) is 10.6 Å². The van der Waals surface area contributed by atoms with Gasteiger partial charge in [-0.05, 0) is 49.2 Å². The van der Waals surface area contributed by atoms with Gasteiger partial charge in [0.1, 0.15) is 5.82 Å². The van der Waals surface area contributed by atoms with Crippen molar-refractivity contribution in [2.24, 2.45) is 0 Å². The van der Waals surface area contributed by atoms with Crippen LogP contribution in [-0.2, 0) is 0 Å². The van der Waals surface area contributed by atoms with E-state index in [1.807, 2.05) is 30.3 Å². The van der Waals surface area contributed by atoms with E-state index in [4.69, 9.17) is 9.97 Å². The molecule has 0 spiro atoms. The van der Waals surface area contributed by atoms with E-state index in [2.05, 4.69) is 59.2 Å². The average Bonchev–Trinajstić information content (AvgIpc) is 3.29. The van der Waals surface area contributed by atoms with Crippen LogP contribution in [0.25, 0.3) is 10.9 Å². The fraction of sp³-hybridized carbons (Fsp3) is 0.200. The van der Waals surface area contributed by atoms with Gasteiger partial charge in [-0.25, -0.2) is 4.98 Å². The second kappa shape index (κ2) is 8.76. The summed E-state index contributed by atoms with van der Waals surface area (Å²) in [4.78, 5) is 12.0. The molecule has 150 valence electrons. The molecule has 0 unspecified atom stereocenters. The van der Waals surface area contributed by atoms with E-state index in [0.717, 1.165) is 27.3 Å². The van der Waals surface area contributed by atoms with Crippen molar-refractivity contribution >= 4 is 40.1 Å². The number of hydrogen-bond acceptors (Lipinski definition) is 5. The molecule has 5 heteroatoms. The Hall–Kier alpha value is -3.05. The van der Waals surface area contributed by atoms with E-state index < -0.39 is 0 Å². The van der Waals surface area contributed by atoms with E-state index in [1.54, 1.807) is 11.8 Å². The highest BCUT2D eigenvalue weighted by atomic mass is 32.2. The first kappa shape index (κ1) is 18.9. The number of fused-ring (bicyclic) bond motifs is 1. The molecule has 1 heterocycles. The molecule has 1 saturated carbocycles. The Labute approximate surface area is 181 Å². The van der Waals surface area contributed by atoms with Gasteiger partial charge in [-0.3, -0.25) is 0 Å². The molecular weight excluding hydrogens is 388 g/mol. The van der Waals surface area contributed by atoms with E-state index in [1.165, 1.54) is 30.6 Å². The Kier molecular flexibility index (Phi) is 5.53. The number of para-hydroxylation sites is 2. The van der Waals surface area contributed by atoms with Gasteiger partial charge in [0.05, 0.1) is 11.2 Å². The van der Waals surface area contributed by atoms with Crippen molar-refractivity contribution in [3.63, 3.8) is 0 Å². The van der Waals surface area contributed by atoms with Gasteiger partial charge in [-0.15, -0.1) is 0 Å². The maximum absolute atomic E-state index is 4.87. The first-order chi connectivity index (χ1) is 14.8. The Morgan fingerprint density at radius 2 is 1.50 bits per heavy atom. The van der Waals surface area contributed by atoms with Crippen molar-refractivity contribution in [1.82, 2.24) is 9.97 Å². The van der Waals surface area contributed by atoms with Crippen LogP contribution in [0.2, 0.25) is 0 Å². The summed E-state index contributed by atoms with van der Waals surface area (Å²) in [5.41, 5.74) is 1.96. The molecule has 1 aliphatic carbocycles. The van der Waals surface area contributed by atoms with Crippen LogP contribution in [0.4, 0.5) is 17.5 Å². The third-order valence-electron chi connectivity index (χ3n) is 5.40. The molecule has 0 aliphatic heterocycles. The summed E-state index contributed by atoms with van der Waals surface area (Å²) in [6, 6.07) is 27.4. The molecule has 1 fully saturated rings. The van der Waals surface area contributed by atoms with Gasteiger partial charge in [-0.1, -0.05) is 67.1 Å². The van der Waals surface area contributed by atoms with Gasteiger partial charge in [0.25, 0.3) is 0 Å². The minimum Gasteiger partial charge on any atom is -0.367 e. The summed E-state index contributed by atoms with van der Waals surface area (Å²) in [6.07, 6.45) is 4.99. The van der Waals surface area contributed by atoms with Gasteiger partial charge in [0, 0.05) is 21.2 Å². The molecule has 0 radical (unpaired) electrons. The maximum atomic E-state index is 4.87. The predicted molar refractivity (Wildman–Crippen MR) is 126 cm³/mol. The van der Waals surface area contributed by atoms with Crippen molar-refractivity contribution < 1.29 is 0 Å². The number of rotatable bonds is 6. The maximum Gasteiger partial charge on any atom is 0.229 e. The second-order valence-electron chi connectivity index (χ2n) is 7.57. The van der Waals surface area contributed by atoms with Gasteiger partial charge < -0.3 is 10.6 Å². The standard InChI is InChI=1S/C25H24N4S/c1-2-12-19(13-3-1)30-23-17-9-8-16-22(23)28-25-27-21-15-7-6-14-20(21)24(29-25)26-18-10-4-5-11-18/h1-3,6-9,12-18H,4-5,10-11H2,(H2,26,27,28,29). The largest absolute Gasteiger partial charge is 0.367 e. The highest BCUT2D eigenvalue weighted by Gasteiger charge is 2.17. The lowest BCUT2D eigenvalue weighted by Gasteiger charge is -2.16. The zero-order chi connectivity index (χ0) is 20.2. The molecule has 5 rings (SSSR count). The smallest absolute Gasteiger partial charge is 0.229 e. The third-order valence-corrected chi connectivity index (χ3v) is 6.49. The first-order valence-corrected chi connectivity index (χ1v) is 11.3. The number of hydrogen-bond donors (Lipinski definition) is 2. The highest BCUT2D eigenvalue weighted by molar-refractivity contribution is 7.99. The molecular formula is C25H24N4S.